The summed E-state index contributed by atoms with van der Waals surface area (Å²) in [5, 5.41) is 5.54. The van der Waals surface area contributed by atoms with E-state index in [1.807, 2.05) is 30.3 Å². The second-order valence-electron chi connectivity index (χ2n) is 4.95. The third kappa shape index (κ3) is 3.08. The largest absolute Gasteiger partial charge is 0.365 e. The van der Waals surface area contributed by atoms with E-state index in [-0.39, 0.29) is 17.4 Å². The van der Waals surface area contributed by atoms with Crippen LogP contribution in [-0.4, -0.2) is 15.0 Å². The van der Waals surface area contributed by atoms with Crippen molar-refractivity contribution in [1.82, 2.24) is 9.13 Å². The molecule has 0 aliphatic heterocycles. The van der Waals surface area contributed by atoms with E-state index < -0.39 is 11.2 Å². The highest BCUT2D eigenvalue weighted by Crippen LogP contribution is 2.15. The molecule has 0 aliphatic carbocycles. The van der Waals surface area contributed by atoms with Gasteiger partial charge in [0.15, 0.2) is 0 Å². The average molecular weight is 302 g/mol. The van der Waals surface area contributed by atoms with E-state index in [1.54, 1.807) is 7.05 Å². The van der Waals surface area contributed by atoms with Gasteiger partial charge in [0, 0.05) is 27.6 Å². The normalized spacial score (nSPS) is 10.3. The van der Waals surface area contributed by atoms with E-state index in [2.05, 4.69) is 10.6 Å². The first kappa shape index (κ1) is 15.6. The molecule has 2 N–H and O–H groups in total. The molecule has 2 aromatic rings. The van der Waals surface area contributed by atoms with Gasteiger partial charge in [0.1, 0.15) is 11.5 Å². The first-order chi connectivity index (χ1) is 10.4. The van der Waals surface area contributed by atoms with Gasteiger partial charge in [0.25, 0.3) is 5.56 Å². The fraction of sp³-hybridized carbons (Fsp3) is 0.267. The highest BCUT2D eigenvalue weighted by atomic mass is 16.2. The molecule has 1 heterocycles. The monoisotopic (exact) mass is 302 g/mol. The summed E-state index contributed by atoms with van der Waals surface area (Å²) in [5.41, 5.74) is 0.0426. The van der Waals surface area contributed by atoms with Crippen LogP contribution in [0, 0.1) is 0 Å². The van der Waals surface area contributed by atoms with Crippen LogP contribution >= 0.6 is 0 Å². The molecule has 1 aromatic carbocycles. The fourth-order valence-electron chi connectivity index (χ4n) is 2.12. The van der Waals surface area contributed by atoms with Crippen molar-refractivity contribution in [3.8, 4) is 0 Å². The Hall–Kier alpha value is -2.83. The van der Waals surface area contributed by atoms with Crippen LogP contribution in [0.1, 0.15) is 12.5 Å². The molecule has 0 fully saturated rings. The lowest BCUT2D eigenvalue weighted by atomic mass is 10.2. The minimum Gasteiger partial charge on any atom is -0.365 e. The van der Waals surface area contributed by atoms with Gasteiger partial charge < -0.3 is 10.6 Å². The Labute approximate surface area is 127 Å². The number of nitrogens with one attached hydrogen (secondary N) is 2. The second-order valence-corrected chi connectivity index (χ2v) is 4.95. The minimum atomic E-state index is -0.547. The van der Waals surface area contributed by atoms with Gasteiger partial charge in [0.05, 0.1) is 0 Å². The van der Waals surface area contributed by atoms with E-state index in [4.69, 9.17) is 0 Å². The topological polar surface area (TPSA) is 85.1 Å². The van der Waals surface area contributed by atoms with Crippen molar-refractivity contribution in [1.29, 1.82) is 0 Å². The van der Waals surface area contributed by atoms with Crippen molar-refractivity contribution in [3.05, 3.63) is 56.7 Å². The zero-order valence-electron chi connectivity index (χ0n) is 12.7. The van der Waals surface area contributed by atoms with Gasteiger partial charge in [-0.2, -0.15) is 0 Å². The molecule has 0 bridgehead atoms. The molecule has 7 heteroatoms. The van der Waals surface area contributed by atoms with Crippen molar-refractivity contribution < 1.29 is 4.79 Å². The third-order valence-corrected chi connectivity index (χ3v) is 3.27. The Kier molecular flexibility index (Phi) is 4.45. The minimum absolute atomic E-state index is 0.0630. The van der Waals surface area contributed by atoms with Crippen LogP contribution in [0.3, 0.4) is 0 Å². The maximum absolute atomic E-state index is 12.2. The van der Waals surface area contributed by atoms with Gasteiger partial charge in [-0.15, -0.1) is 0 Å². The number of rotatable bonds is 4. The van der Waals surface area contributed by atoms with E-state index in [0.29, 0.717) is 6.54 Å². The number of amides is 1. The molecule has 0 saturated heterocycles. The molecular weight excluding hydrogens is 284 g/mol. The van der Waals surface area contributed by atoms with Crippen molar-refractivity contribution in [2.24, 2.45) is 14.1 Å². The van der Waals surface area contributed by atoms with Crippen LogP contribution in [0.2, 0.25) is 0 Å². The lowest BCUT2D eigenvalue weighted by Crippen LogP contribution is -2.40. The molecule has 7 nitrogen and oxygen atoms in total. The fourth-order valence-corrected chi connectivity index (χ4v) is 2.12. The smallest absolute Gasteiger partial charge is 0.332 e. The van der Waals surface area contributed by atoms with Gasteiger partial charge in [-0.25, -0.2) is 4.79 Å². The molecule has 0 spiro atoms. The van der Waals surface area contributed by atoms with Gasteiger partial charge >= 0.3 is 5.69 Å². The van der Waals surface area contributed by atoms with E-state index in [1.165, 1.54) is 18.5 Å². The molecule has 1 amide bonds. The second kappa shape index (κ2) is 6.30. The van der Waals surface area contributed by atoms with Gasteiger partial charge in [0.2, 0.25) is 5.91 Å². The number of anilines is 2. The summed E-state index contributed by atoms with van der Waals surface area (Å²) >= 11 is 0. The van der Waals surface area contributed by atoms with Crippen LogP contribution in [0.5, 0.6) is 0 Å². The molecule has 0 atom stereocenters. The number of carbonyl (C=O) groups excluding carboxylic acids is 1. The van der Waals surface area contributed by atoms with Gasteiger partial charge in [-0.05, 0) is 5.56 Å². The third-order valence-electron chi connectivity index (χ3n) is 3.27. The Balaban J connectivity index is 2.46. The lowest BCUT2D eigenvalue weighted by molar-refractivity contribution is -0.114. The molecule has 0 saturated carbocycles. The highest BCUT2D eigenvalue weighted by Gasteiger charge is 2.16. The zero-order chi connectivity index (χ0) is 16.3. The summed E-state index contributed by atoms with van der Waals surface area (Å²) in [6.45, 7) is 1.74. The number of benzene rings is 1. The van der Waals surface area contributed by atoms with E-state index >= 15 is 0 Å². The summed E-state index contributed by atoms with van der Waals surface area (Å²) in [6, 6.07) is 9.54. The first-order valence-corrected chi connectivity index (χ1v) is 6.77. The zero-order valence-corrected chi connectivity index (χ0v) is 12.7. The van der Waals surface area contributed by atoms with Crippen LogP contribution < -0.4 is 21.9 Å². The van der Waals surface area contributed by atoms with Crippen molar-refractivity contribution in [3.63, 3.8) is 0 Å². The van der Waals surface area contributed by atoms with E-state index in [9.17, 15) is 14.4 Å². The van der Waals surface area contributed by atoms with Crippen molar-refractivity contribution >= 4 is 17.4 Å². The van der Waals surface area contributed by atoms with E-state index in [0.717, 1.165) is 10.1 Å². The molecule has 0 radical (unpaired) electrons. The molecule has 22 heavy (non-hydrogen) atoms. The SMILES string of the molecule is CC(=O)Nc1c(NCc2ccccc2)n(C)c(=O)n(C)c1=O. The Bertz CT molecular complexity index is 806. The Morgan fingerprint density at radius 1 is 1.09 bits per heavy atom. The number of hydrogen-bond acceptors (Lipinski definition) is 4. The summed E-state index contributed by atoms with van der Waals surface area (Å²) in [4.78, 5) is 35.6. The number of carbonyl (C=O) groups is 1. The molecule has 1 aromatic heterocycles. The predicted molar refractivity (Wildman–Crippen MR) is 85.0 cm³/mol. The highest BCUT2D eigenvalue weighted by molar-refractivity contribution is 5.91. The van der Waals surface area contributed by atoms with Gasteiger partial charge in [-0.1, -0.05) is 30.3 Å². The summed E-state index contributed by atoms with van der Waals surface area (Å²) in [7, 11) is 2.91. The quantitative estimate of drug-likeness (QED) is 0.868. The Morgan fingerprint density at radius 3 is 2.32 bits per heavy atom. The maximum Gasteiger partial charge on any atom is 0.332 e. The first-order valence-electron chi connectivity index (χ1n) is 6.77. The average Bonchev–Trinajstić information content (AvgIpc) is 2.51. The Morgan fingerprint density at radius 2 is 1.73 bits per heavy atom. The molecule has 2 rings (SSSR count). The lowest BCUT2D eigenvalue weighted by Gasteiger charge is -2.16. The summed E-state index contributed by atoms with van der Waals surface area (Å²) in [5.74, 6) is -0.0920. The summed E-state index contributed by atoms with van der Waals surface area (Å²) < 4.78 is 2.26. The van der Waals surface area contributed by atoms with Crippen molar-refractivity contribution in [2.45, 2.75) is 13.5 Å². The number of aromatic nitrogens is 2. The standard InChI is InChI=1S/C15H18N4O3/c1-10(20)17-12-13(16-9-11-7-5-4-6-8-11)18(2)15(22)19(3)14(12)21/h4-8,16H,9H2,1-3H3,(H,17,20). The summed E-state index contributed by atoms with van der Waals surface area (Å²) in [6.07, 6.45) is 0. The van der Waals surface area contributed by atoms with Crippen LogP contribution in [0.15, 0.2) is 39.9 Å². The predicted octanol–water partition coefficient (Wildman–Crippen LogP) is 0.654. The van der Waals surface area contributed by atoms with Crippen LogP contribution in [0.25, 0.3) is 0 Å². The number of hydrogen-bond donors (Lipinski definition) is 2. The molecule has 116 valence electrons. The van der Waals surface area contributed by atoms with Crippen LogP contribution in [-0.2, 0) is 25.4 Å². The molecule has 0 unspecified atom stereocenters. The molecule has 0 aliphatic rings. The van der Waals surface area contributed by atoms with Crippen molar-refractivity contribution in [2.75, 3.05) is 10.6 Å². The number of nitrogens with zero attached hydrogens (tertiary/aromatic N) is 2. The molecular formula is C15H18N4O3. The van der Waals surface area contributed by atoms with Crippen LogP contribution in [0.4, 0.5) is 11.5 Å². The van der Waals surface area contributed by atoms with Gasteiger partial charge in [-0.3, -0.25) is 18.7 Å². The maximum atomic E-state index is 12.2.